The van der Waals surface area contributed by atoms with Crippen LogP contribution >= 0.6 is 0 Å². The summed E-state index contributed by atoms with van der Waals surface area (Å²) in [7, 11) is 0. The Labute approximate surface area is 156 Å². The van der Waals surface area contributed by atoms with Gasteiger partial charge in [-0.25, -0.2) is 0 Å². The zero-order valence-corrected chi connectivity index (χ0v) is 16.3. The molecule has 0 aliphatic carbocycles. The number of carbonyl (C=O) groups excluding carboxylic acids is 1. The molecule has 1 atom stereocenters. The third-order valence-corrected chi connectivity index (χ3v) is 5.11. The average molecular weight is 354 g/mol. The molecule has 1 aromatic heterocycles. The molecule has 1 aliphatic heterocycles. The maximum absolute atomic E-state index is 12.8. The number of amides is 1. The van der Waals surface area contributed by atoms with Gasteiger partial charge in [0.15, 0.2) is 0 Å². The summed E-state index contributed by atoms with van der Waals surface area (Å²) in [5.74, 6) is -0.0434. The minimum atomic E-state index is -0.134. The predicted molar refractivity (Wildman–Crippen MR) is 104 cm³/mol. The second kappa shape index (κ2) is 7.62. The molecule has 1 amide bonds. The highest BCUT2D eigenvalue weighted by molar-refractivity contribution is 5.95. The van der Waals surface area contributed by atoms with Crippen LogP contribution in [0.1, 0.15) is 61.3 Å². The van der Waals surface area contributed by atoms with E-state index in [1.165, 1.54) is 18.4 Å². The van der Waals surface area contributed by atoms with Crippen molar-refractivity contribution in [2.45, 2.75) is 52.1 Å². The van der Waals surface area contributed by atoms with Crippen molar-refractivity contribution in [3.8, 4) is 0 Å². The number of hydrogen-bond donors (Lipinski definition) is 1. The lowest BCUT2D eigenvalue weighted by molar-refractivity contribution is 0.0937. The van der Waals surface area contributed by atoms with Crippen molar-refractivity contribution in [2.75, 3.05) is 19.6 Å². The van der Waals surface area contributed by atoms with Crippen LogP contribution in [-0.2, 0) is 5.54 Å². The van der Waals surface area contributed by atoms with E-state index in [0.29, 0.717) is 12.1 Å². The van der Waals surface area contributed by atoms with E-state index >= 15 is 0 Å². The van der Waals surface area contributed by atoms with Crippen LogP contribution in [0, 0.1) is 6.92 Å². The molecule has 1 N–H and O–H groups in total. The van der Waals surface area contributed by atoms with E-state index in [2.05, 4.69) is 60.4 Å². The molecule has 5 heteroatoms. The Morgan fingerprint density at radius 3 is 2.42 bits per heavy atom. The van der Waals surface area contributed by atoms with Crippen LogP contribution in [0.5, 0.6) is 0 Å². The summed E-state index contributed by atoms with van der Waals surface area (Å²) in [6, 6.07) is 10.7. The van der Waals surface area contributed by atoms with Gasteiger partial charge in [-0.05, 0) is 59.2 Å². The SMILES string of the molecule is Cc1c(C(=O)NCC(c2ccccc2)N2CCCC2)cnn1C(C)(C)C. The first kappa shape index (κ1) is 18.6. The average Bonchev–Trinajstić information content (AvgIpc) is 3.25. The highest BCUT2D eigenvalue weighted by Gasteiger charge is 2.25. The first-order valence-electron chi connectivity index (χ1n) is 9.50. The van der Waals surface area contributed by atoms with E-state index in [4.69, 9.17) is 0 Å². The fourth-order valence-corrected chi connectivity index (χ4v) is 3.78. The van der Waals surface area contributed by atoms with Gasteiger partial charge < -0.3 is 5.32 Å². The molecule has 1 fully saturated rings. The first-order chi connectivity index (χ1) is 12.4. The Bertz CT molecular complexity index is 739. The molecule has 26 heavy (non-hydrogen) atoms. The summed E-state index contributed by atoms with van der Waals surface area (Å²) < 4.78 is 1.91. The maximum atomic E-state index is 12.8. The van der Waals surface area contributed by atoms with Crippen LogP contribution in [0.25, 0.3) is 0 Å². The number of likely N-dealkylation sites (tertiary alicyclic amines) is 1. The van der Waals surface area contributed by atoms with E-state index in [-0.39, 0.29) is 17.5 Å². The van der Waals surface area contributed by atoms with Gasteiger partial charge in [-0.15, -0.1) is 0 Å². The van der Waals surface area contributed by atoms with Gasteiger partial charge in [-0.1, -0.05) is 30.3 Å². The second-order valence-corrected chi connectivity index (χ2v) is 8.11. The quantitative estimate of drug-likeness (QED) is 0.894. The summed E-state index contributed by atoms with van der Waals surface area (Å²) in [6.07, 6.45) is 4.15. The topological polar surface area (TPSA) is 50.2 Å². The number of nitrogens with zero attached hydrogens (tertiary/aromatic N) is 3. The number of hydrogen-bond acceptors (Lipinski definition) is 3. The molecule has 1 saturated heterocycles. The fourth-order valence-electron chi connectivity index (χ4n) is 3.78. The normalized spacial score (nSPS) is 16.6. The van der Waals surface area contributed by atoms with Gasteiger partial charge in [0.05, 0.1) is 23.3 Å². The van der Waals surface area contributed by atoms with Crippen molar-refractivity contribution >= 4 is 5.91 Å². The Morgan fingerprint density at radius 2 is 1.85 bits per heavy atom. The molecule has 3 rings (SSSR count). The molecule has 1 aromatic carbocycles. The largest absolute Gasteiger partial charge is 0.350 e. The van der Waals surface area contributed by atoms with Crippen LogP contribution in [-0.4, -0.2) is 40.2 Å². The van der Waals surface area contributed by atoms with Gasteiger partial charge in [-0.2, -0.15) is 5.10 Å². The van der Waals surface area contributed by atoms with Gasteiger partial charge in [0.25, 0.3) is 5.91 Å². The Hall–Kier alpha value is -2.14. The van der Waals surface area contributed by atoms with Crippen LogP contribution in [0.3, 0.4) is 0 Å². The van der Waals surface area contributed by atoms with Crippen LogP contribution in [0.4, 0.5) is 0 Å². The molecule has 0 spiro atoms. The van der Waals surface area contributed by atoms with Crippen molar-refractivity contribution in [2.24, 2.45) is 0 Å². The minimum absolute atomic E-state index is 0.0434. The lowest BCUT2D eigenvalue weighted by Crippen LogP contribution is -2.37. The number of nitrogens with one attached hydrogen (secondary N) is 1. The Balaban J connectivity index is 1.73. The van der Waals surface area contributed by atoms with E-state index < -0.39 is 0 Å². The molecule has 2 aromatic rings. The lowest BCUT2D eigenvalue weighted by atomic mass is 10.1. The second-order valence-electron chi connectivity index (χ2n) is 8.11. The molecular weight excluding hydrogens is 324 g/mol. The lowest BCUT2D eigenvalue weighted by Gasteiger charge is -2.28. The van der Waals surface area contributed by atoms with Gasteiger partial charge in [0.1, 0.15) is 0 Å². The number of carbonyl (C=O) groups is 1. The van der Waals surface area contributed by atoms with Crippen molar-refractivity contribution in [1.29, 1.82) is 0 Å². The van der Waals surface area contributed by atoms with E-state index in [1.807, 2.05) is 17.7 Å². The monoisotopic (exact) mass is 354 g/mol. The minimum Gasteiger partial charge on any atom is -0.350 e. The Morgan fingerprint density at radius 1 is 1.19 bits per heavy atom. The highest BCUT2D eigenvalue weighted by atomic mass is 16.1. The van der Waals surface area contributed by atoms with Gasteiger partial charge in [0.2, 0.25) is 0 Å². The summed E-state index contributed by atoms with van der Waals surface area (Å²) in [5.41, 5.74) is 2.70. The molecule has 0 bridgehead atoms. The predicted octanol–water partition coefficient (Wildman–Crippen LogP) is 3.51. The summed E-state index contributed by atoms with van der Waals surface area (Å²) >= 11 is 0. The van der Waals surface area contributed by atoms with Gasteiger partial charge in [-0.3, -0.25) is 14.4 Å². The number of benzene rings is 1. The molecular formula is C21H30N4O. The molecule has 2 heterocycles. The zero-order valence-electron chi connectivity index (χ0n) is 16.3. The van der Waals surface area contributed by atoms with Crippen molar-refractivity contribution in [3.05, 3.63) is 53.3 Å². The molecule has 1 aliphatic rings. The summed E-state index contributed by atoms with van der Waals surface area (Å²) in [4.78, 5) is 15.2. The van der Waals surface area contributed by atoms with Gasteiger partial charge in [0, 0.05) is 12.2 Å². The third-order valence-electron chi connectivity index (χ3n) is 5.11. The van der Waals surface area contributed by atoms with Crippen LogP contribution < -0.4 is 5.32 Å². The maximum Gasteiger partial charge on any atom is 0.254 e. The first-order valence-corrected chi connectivity index (χ1v) is 9.50. The molecule has 140 valence electrons. The van der Waals surface area contributed by atoms with Crippen molar-refractivity contribution in [1.82, 2.24) is 20.0 Å². The highest BCUT2D eigenvalue weighted by Crippen LogP contribution is 2.25. The smallest absolute Gasteiger partial charge is 0.254 e. The standard InChI is InChI=1S/C21H30N4O/c1-16-18(14-23-25(16)21(2,3)4)20(26)22-15-19(24-12-8-9-13-24)17-10-6-5-7-11-17/h5-7,10-11,14,19H,8-9,12-13,15H2,1-4H3,(H,22,26). The zero-order chi connectivity index (χ0) is 18.7. The van der Waals surface area contributed by atoms with Gasteiger partial charge >= 0.3 is 0 Å². The summed E-state index contributed by atoms with van der Waals surface area (Å²) in [5, 5.41) is 7.56. The molecule has 0 saturated carbocycles. The number of aromatic nitrogens is 2. The van der Waals surface area contributed by atoms with E-state index in [1.54, 1.807) is 6.20 Å². The van der Waals surface area contributed by atoms with Crippen LogP contribution in [0.2, 0.25) is 0 Å². The van der Waals surface area contributed by atoms with Crippen molar-refractivity contribution < 1.29 is 4.79 Å². The molecule has 1 unspecified atom stereocenters. The van der Waals surface area contributed by atoms with E-state index in [9.17, 15) is 4.79 Å². The Kier molecular flexibility index (Phi) is 5.47. The number of rotatable bonds is 5. The third kappa shape index (κ3) is 3.98. The molecule has 0 radical (unpaired) electrons. The van der Waals surface area contributed by atoms with Crippen LogP contribution in [0.15, 0.2) is 36.5 Å². The summed E-state index contributed by atoms with van der Waals surface area (Å²) in [6.45, 7) is 11.0. The van der Waals surface area contributed by atoms with Crippen molar-refractivity contribution in [3.63, 3.8) is 0 Å². The van der Waals surface area contributed by atoms with E-state index in [0.717, 1.165) is 18.8 Å². The fraction of sp³-hybridized carbons (Fsp3) is 0.524. The molecule has 5 nitrogen and oxygen atoms in total.